The lowest BCUT2D eigenvalue weighted by Gasteiger charge is -2.07. The van der Waals surface area contributed by atoms with Crippen LogP contribution < -0.4 is 0 Å². The monoisotopic (exact) mass is 260 g/mol. The van der Waals surface area contributed by atoms with Gasteiger partial charge in [-0.05, 0) is 0 Å². The molecule has 5 heteroatoms. The number of hydrogen-bond acceptors (Lipinski definition) is 2. The number of rotatable bonds is 3. The summed E-state index contributed by atoms with van der Waals surface area (Å²) in [5.41, 5.74) is 0. The first-order valence-corrected chi connectivity index (χ1v) is 4.04. The van der Waals surface area contributed by atoms with Crippen LogP contribution in [-0.4, -0.2) is 32.4 Å². The lowest BCUT2D eigenvalue weighted by Crippen LogP contribution is -2.26. The van der Waals surface area contributed by atoms with Crippen molar-refractivity contribution in [3.05, 3.63) is 0 Å². The van der Waals surface area contributed by atoms with Gasteiger partial charge in [0.05, 0.1) is 11.4 Å². The summed E-state index contributed by atoms with van der Waals surface area (Å²) in [5, 5.41) is 16.7. The predicted molar refractivity (Wildman–Crippen MR) is 40.2 cm³/mol. The highest BCUT2D eigenvalue weighted by atomic mass is 79.9. The molecule has 0 aliphatic rings. The van der Waals surface area contributed by atoms with E-state index in [2.05, 4.69) is 31.9 Å². The molecular formula is C4H6Br2O3. The molecule has 9 heavy (non-hydrogen) atoms. The largest absolute Gasteiger partial charge is 0.480 e. The number of carboxylic acids is 1. The molecule has 0 radical (unpaired) electrons. The average Bonchev–Trinajstić information content (AvgIpc) is 1.84. The normalized spacial score (nSPS) is 16.8. The lowest BCUT2D eigenvalue weighted by molar-refractivity contribution is -0.136. The third kappa shape index (κ3) is 3.17. The molecule has 0 unspecified atom stereocenters. The van der Waals surface area contributed by atoms with E-state index >= 15 is 0 Å². The van der Waals surface area contributed by atoms with Crippen LogP contribution in [0.2, 0.25) is 0 Å². The van der Waals surface area contributed by atoms with Gasteiger partial charge >= 0.3 is 5.97 Å². The maximum absolute atomic E-state index is 10.1. The van der Waals surface area contributed by atoms with E-state index in [1.54, 1.807) is 0 Å². The third-order valence-corrected chi connectivity index (χ3v) is 3.29. The van der Waals surface area contributed by atoms with Crippen LogP contribution in [0.25, 0.3) is 0 Å². The Bertz CT molecular complexity index is 106. The minimum atomic E-state index is -0.981. The maximum Gasteiger partial charge on any atom is 0.318 e. The Morgan fingerprint density at radius 1 is 1.56 bits per heavy atom. The zero-order valence-electron chi connectivity index (χ0n) is 4.42. The SMILES string of the molecule is O=C(O)[C@H](Br)[C@@H](Br)CO. The van der Waals surface area contributed by atoms with Gasteiger partial charge in [0.2, 0.25) is 0 Å². The highest BCUT2D eigenvalue weighted by Gasteiger charge is 2.21. The van der Waals surface area contributed by atoms with Crippen molar-refractivity contribution in [2.75, 3.05) is 6.61 Å². The second-order valence-corrected chi connectivity index (χ2v) is 3.60. The summed E-state index contributed by atoms with van der Waals surface area (Å²) in [7, 11) is 0. The second-order valence-electron chi connectivity index (χ2n) is 1.44. The number of hydrogen-bond donors (Lipinski definition) is 2. The molecule has 2 N–H and O–H groups in total. The number of aliphatic carboxylic acids is 1. The molecule has 0 aromatic heterocycles. The van der Waals surface area contributed by atoms with Gasteiger partial charge in [-0.1, -0.05) is 31.9 Å². The van der Waals surface area contributed by atoms with Gasteiger partial charge < -0.3 is 10.2 Å². The summed E-state index contributed by atoms with van der Waals surface area (Å²) in [6.45, 7) is -0.192. The number of aliphatic hydroxyl groups is 1. The first-order valence-electron chi connectivity index (χ1n) is 2.21. The van der Waals surface area contributed by atoms with Crippen molar-refractivity contribution >= 4 is 37.8 Å². The molecule has 0 aliphatic heterocycles. The van der Waals surface area contributed by atoms with Crippen LogP contribution in [0.5, 0.6) is 0 Å². The first kappa shape index (κ1) is 9.39. The van der Waals surface area contributed by atoms with Crippen molar-refractivity contribution in [2.24, 2.45) is 0 Å². The summed E-state index contributed by atoms with van der Waals surface area (Å²) in [5.74, 6) is -0.981. The molecule has 0 aromatic rings. The maximum atomic E-state index is 10.1. The minimum absolute atomic E-state index is 0.192. The topological polar surface area (TPSA) is 57.5 Å². The lowest BCUT2D eigenvalue weighted by atomic mass is 10.3. The Labute approximate surface area is 69.3 Å². The minimum Gasteiger partial charge on any atom is -0.480 e. The summed E-state index contributed by atoms with van der Waals surface area (Å²) in [4.78, 5) is 8.97. The Hall–Kier alpha value is 0.390. The average molecular weight is 262 g/mol. The molecule has 0 aliphatic carbocycles. The van der Waals surface area contributed by atoms with Gasteiger partial charge in [-0.3, -0.25) is 4.79 Å². The van der Waals surface area contributed by atoms with Crippen molar-refractivity contribution < 1.29 is 15.0 Å². The van der Waals surface area contributed by atoms with Crippen LogP contribution in [-0.2, 0) is 4.79 Å². The van der Waals surface area contributed by atoms with Crippen molar-refractivity contribution in [1.82, 2.24) is 0 Å². The quantitative estimate of drug-likeness (QED) is 0.732. The fraction of sp³-hybridized carbons (Fsp3) is 0.750. The van der Waals surface area contributed by atoms with Crippen molar-refractivity contribution in [3.63, 3.8) is 0 Å². The number of alkyl halides is 2. The molecule has 54 valence electrons. The zero-order chi connectivity index (χ0) is 7.44. The third-order valence-electron chi connectivity index (χ3n) is 0.728. The number of halogens is 2. The van der Waals surface area contributed by atoms with Gasteiger partial charge in [0.25, 0.3) is 0 Å². The number of aliphatic hydroxyl groups excluding tert-OH is 1. The molecule has 0 saturated carbocycles. The van der Waals surface area contributed by atoms with Gasteiger partial charge in [0, 0.05) is 0 Å². The number of carboxylic acid groups (broad SMARTS) is 1. The van der Waals surface area contributed by atoms with E-state index in [9.17, 15) is 4.79 Å². The molecule has 0 saturated heterocycles. The molecule has 0 amide bonds. The van der Waals surface area contributed by atoms with Crippen LogP contribution in [0.1, 0.15) is 0 Å². The fourth-order valence-corrected chi connectivity index (χ4v) is 0.641. The van der Waals surface area contributed by atoms with Gasteiger partial charge in [0.15, 0.2) is 0 Å². The molecule has 0 spiro atoms. The predicted octanol–water partition coefficient (Wildman–Crippen LogP) is 0.590. The van der Waals surface area contributed by atoms with Gasteiger partial charge in [-0.25, -0.2) is 0 Å². The van der Waals surface area contributed by atoms with E-state index in [4.69, 9.17) is 10.2 Å². The van der Waals surface area contributed by atoms with E-state index in [-0.39, 0.29) is 6.61 Å². The van der Waals surface area contributed by atoms with E-state index < -0.39 is 15.6 Å². The molecular weight excluding hydrogens is 256 g/mol. The molecule has 0 bridgehead atoms. The van der Waals surface area contributed by atoms with Crippen LogP contribution in [0.15, 0.2) is 0 Å². The van der Waals surface area contributed by atoms with E-state index in [0.29, 0.717) is 0 Å². The van der Waals surface area contributed by atoms with Crippen LogP contribution in [0, 0.1) is 0 Å². The number of carbonyl (C=O) groups is 1. The molecule has 2 atom stereocenters. The molecule has 0 heterocycles. The Morgan fingerprint density at radius 3 is 2.11 bits per heavy atom. The van der Waals surface area contributed by atoms with Crippen LogP contribution in [0.4, 0.5) is 0 Å². The van der Waals surface area contributed by atoms with Crippen molar-refractivity contribution in [2.45, 2.75) is 9.65 Å². The first-order chi connectivity index (χ1) is 4.09. The Morgan fingerprint density at radius 2 is 2.00 bits per heavy atom. The van der Waals surface area contributed by atoms with Gasteiger partial charge in [-0.15, -0.1) is 0 Å². The summed E-state index contributed by atoms with van der Waals surface area (Å²) < 4.78 is 0. The van der Waals surface area contributed by atoms with Gasteiger partial charge in [0.1, 0.15) is 4.83 Å². The van der Waals surface area contributed by atoms with Crippen LogP contribution in [0.3, 0.4) is 0 Å². The summed E-state index contributed by atoms with van der Waals surface area (Å²) in [6, 6.07) is 0. The molecule has 0 aromatic carbocycles. The highest BCUT2D eigenvalue weighted by Crippen LogP contribution is 2.13. The highest BCUT2D eigenvalue weighted by molar-refractivity contribution is 9.12. The smallest absolute Gasteiger partial charge is 0.318 e. The van der Waals surface area contributed by atoms with Crippen LogP contribution >= 0.6 is 31.9 Å². The van der Waals surface area contributed by atoms with Crippen molar-refractivity contribution in [3.8, 4) is 0 Å². The van der Waals surface area contributed by atoms with E-state index in [1.807, 2.05) is 0 Å². The summed E-state index contributed by atoms with van der Waals surface area (Å²) in [6.07, 6.45) is 0. The Kier molecular flexibility index (Phi) is 4.43. The molecule has 0 rings (SSSR count). The van der Waals surface area contributed by atoms with Gasteiger partial charge in [-0.2, -0.15) is 0 Å². The van der Waals surface area contributed by atoms with E-state index in [1.165, 1.54) is 0 Å². The van der Waals surface area contributed by atoms with E-state index in [0.717, 1.165) is 0 Å². The molecule has 0 fully saturated rings. The summed E-state index contributed by atoms with van der Waals surface area (Å²) >= 11 is 5.83. The zero-order valence-corrected chi connectivity index (χ0v) is 7.59. The molecule has 3 nitrogen and oxygen atoms in total. The Balaban J connectivity index is 3.72. The standard InChI is InChI=1S/C4H6Br2O3/c5-2(1-7)3(6)4(8)9/h2-3,7H,1H2,(H,8,9)/t2-,3+/m0/s1. The van der Waals surface area contributed by atoms with Crippen molar-refractivity contribution in [1.29, 1.82) is 0 Å². The fourth-order valence-electron chi connectivity index (χ4n) is 0.247. The second kappa shape index (κ2) is 4.24.